The van der Waals surface area contributed by atoms with Crippen LogP contribution in [0.25, 0.3) is 0 Å². The van der Waals surface area contributed by atoms with E-state index >= 15 is 0 Å². The van der Waals surface area contributed by atoms with Crippen LogP contribution in [0.15, 0.2) is 5.51 Å². The molecule has 1 amide bonds. The van der Waals surface area contributed by atoms with Gasteiger partial charge in [-0.15, -0.1) is 11.3 Å². The molecule has 1 aromatic rings. The van der Waals surface area contributed by atoms with Gasteiger partial charge in [0.05, 0.1) is 24.8 Å². The van der Waals surface area contributed by atoms with Gasteiger partial charge in [0.1, 0.15) is 4.88 Å². The molecule has 2 fully saturated rings. The maximum atomic E-state index is 12.9. The summed E-state index contributed by atoms with van der Waals surface area (Å²) >= 11 is 0.743. The first-order valence-corrected chi connectivity index (χ1v) is 7.49. The number of likely N-dealkylation sites (tertiary alicyclic amines) is 1. The van der Waals surface area contributed by atoms with Crippen LogP contribution < -0.4 is 0 Å². The van der Waals surface area contributed by atoms with Crippen molar-refractivity contribution in [3.63, 3.8) is 0 Å². The molecule has 0 N–H and O–H groups in total. The van der Waals surface area contributed by atoms with Gasteiger partial charge in [0, 0.05) is 12.5 Å². The van der Waals surface area contributed by atoms with E-state index in [0.717, 1.165) is 16.8 Å². The Morgan fingerprint density at radius 1 is 1.48 bits per heavy atom. The predicted octanol–water partition coefficient (Wildman–Crippen LogP) is 2.66. The Kier molecular flexibility index (Phi) is 3.29. The molecule has 0 aliphatic carbocycles. The number of carbonyl (C=O) groups excluding carboxylic acids is 1. The molecule has 3 heterocycles. The van der Waals surface area contributed by atoms with Gasteiger partial charge in [-0.2, -0.15) is 13.2 Å². The molecule has 0 unspecified atom stereocenters. The quantitative estimate of drug-likeness (QED) is 0.799. The Bertz CT molecular complexity index is 570. The van der Waals surface area contributed by atoms with Gasteiger partial charge < -0.3 is 9.64 Å². The lowest BCUT2D eigenvalue weighted by Crippen LogP contribution is -2.38. The monoisotopic (exact) mass is 320 g/mol. The first kappa shape index (κ1) is 14.8. The summed E-state index contributed by atoms with van der Waals surface area (Å²) in [7, 11) is 0. The number of amides is 1. The summed E-state index contributed by atoms with van der Waals surface area (Å²) < 4.78 is 44.1. The maximum absolute atomic E-state index is 12.9. The van der Waals surface area contributed by atoms with Gasteiger partial charge in [-0.3, -0.25) is 4.79 Å². The van der Waals surface area contributed by atoms with Crippen LogP contribution in [0.2, 0.25) is 0 Å². The van der Waals surface area contributed by atoms with Crippen molar-refractivity contribution >= 4 is 17.2 Å². The first-order valence-electron chi connectivity index (χ1n) is 6.61. The second kappa shape index (κ2) is 4.67. The van der Waals surface area contributed by atoms with Gasteiger partial charge in [-0.05, 0) is 5.41 Å². The Hall–Kier alpha value is -1.15. The zero-order valence-corrected chi connectivity index (χ0v) is 12.4. The Labute approximate surface area is 123 Å². The van der Waals surface area contributed by atoms with E-state index in [2.05, 4.69) is 4.98 Å². The van der Waals surface area contributed by atoms with Crippen LogP contribution in [0.3, 0.4) is 0 Å². The van der Waals surface area contributed by atoms with Gasteiger partial charge in [0.15, 0.2) is 5.69 Å². The highest BCUT2D eigenvalue weighted by molar-refractivity contribution is 7.11. The number of hydrogen-bond donors (Lipinski definition) is 0. The zero-order valence-electron chi connectivity index (χ0n) is 11.6. The van der Waals surface area contributed by atoms with Crippen LogP contribution in [0.1, 0.15) is 29.2 Å². The minimum Gasteiger partial charge on any atom is -0.379 e. The Balaban J connectivity index is 1.92. The molecule has 2 aliphatic rings. The number of fused-ring (bicyclic) bond motifs is 1. The highest BCUT2D eigenvalue weighted by Crippen LogP contribution is 2.44. The second-order valence-corrected chi connectivity index (χ2v) is 7.02. The summed E-state index contributed by atoms with van der Waals surface area (Å²) in [4.78, 5) is 17.1. The van der Waals surface area contributed by atoms with Gasteiger partial charge in [0.2, 0.25) is 0 Å². The Morgan fingerprint density at radius 3 is 2.86 bits per heavy atom. The Morgan fingerprint density at radius 2 is 2.19 bits per heavy atom. The minimum atomic E-state index is -4.61. The number of thiazole rings is 1. The molecule has 116 valence electrons. The number of ether oxygens (including phenoxy) is 1. The molecule has 0 bridgehead atoms. The van der Waals surface area contributed by atoms with Crippen LogP contribution in [0.4, 0.5) is 13.2 Å². The second-order valence-electron chi connectivity index (χ2n) is 6.16. The fourth-order valence-corrected chi connectivity index (χ4v) is 3.98. The maximum Gasteiger partial charge on any atom is 0.434 e. The highest BCUT2D eigenvalue weighted by Gasteiger charge is 2.52. The average Bonchev–Trinajstić information content (AvgIpc) is 3.04. The lowest BCUT2D eigenvalue weighted by atomic mass is 9.80. The van der Waals surface area contributed by atoms with Crippen molar-refractivity contribution < 1.29 is 22.7 Å². The molecule has 0 saturated carbocycles. The standard InChI is InChI=1S/C13H15F3N2O2S/c1-12(2)5-18(8-4-20-3-7(8)12)11(19)9-10(13(14,15)16)17-6-21-9/h6-8H,3-5H2,1-2H3/t7-,8+/m0/s1. The summed E-state index contributed by atoms with van der Waals surface area (Å²) in [6.07, 6.45) is -4.61. The van der Waals surface area contributed by atoms with E-state index in [-0.39, 0.29) is 22.3 Å². The smallest absolute Gasteiger partial charge is 0.379 e. The molecular weight excluding hydrogens is 305 g/mol. The molecule has 3 rings (SSSR count). The summed E-state index contributed by atoms with van der Waals surface area (Å²) in [5.74, 6) is -0.417. The van der Waals surface area contributed by atoms with Crippen LogP contribution >= 0.6 is 11.3 Å². The van der Waals surface area contributed by atoms with Gasteiger partial charge >= 0.3 is 6.18 Å². The summed E-state index contributed by atoms with van der Waals surface area (Å²) in [5.41, 5.74) is -0.169. The van der Waals surface area contributed by atoms with Crippen molar-refractivity contribution in [3.8, 4) is 0 Å². The number of hydrogen-bond acceptors (Lipinski definition) is 4. The molecule has 2 saturated heterocycles. The summed E-state index contributed by atoms with van der Waals surface area (Å²) in [6, 6.07) is -0.143. The van der Waals surface area contributed by atoms with Crippen LogP contribution in [0.5, 0.6) is 0 Å². The largest absolute Gasteiger partial charge is 0.434 e. The molecule has 21 heavy (non-hydrogen) atoms. The van der Waals surface area contributed by atoms with Crippen molar-refractivity contribution in [2.45, 2.75) is 26.1 Å². The van der Waals surface area contributed by atoms with E-state index in [1.807, 2.05) is 13.8 Å². The number of alkyl halides is 3. The molecule has 0 spiro atoms. The lowest BCUT2D eigenvalue weighted by molar-refractivity contribution is -0.141. The van der Waals surface area contributed by atoms with Crippen molar-refractivity contribution in [3.05, 3.63) is 16.1 Å². The molecule has 1 aromatic heterocycles. The number of carbonyl (C=O) groups is 1. The van der Waals surface area contributed by atoms with Crippen molar-refractivity contribution in [2.24, 2.45) is 11.3 Å². The highest BCUT2D eigenvalue weighted by atomic mass is 32.1. The number of rotatable bonds is 1. The fourth-order valence-electron chi connectivity index (χ4n) is 3.22. The molecule has 0 aromatic carbocycles. The minimum absolute atomic E-state index is 0.143. The number of aromatic nitrogens is 1. The van der Waals surface area contributed by atoms with E-state index in [4.69, 9.17) is 4.74 Å². The van der Waals surface area contributed by atoms with E-state index in [1.165, 1.54) is 4.90 Å². The summed E-state index contributed by atoms with van der Waals surface area (Å²) in [5, 5.41) is 0. The summed E-state index contributed by atoms with van der Waals surface area (Å²) in [6.45, 7) is 5.42. The first-order chi connectivity index (χ1) is 9.72. The fraction of sp³-hybridized carbons (Fsp3) is 0.692. The van der Waals surface area contributed by atoms with E-state index in [0.29, 0.717) is 19.8 Å². The molecular formula is C13H15F3N2O2S. The topological polar surface area (TPSA) is 42.4 Å². The van der Waals surface area contributed by atoms with Gasteiger partial charge in [-0.1, -0.05) is 13.8 Å². The van der Waals surface area contributed by atoms with Gasteiger partial charge in [-0.25, -0.2) is 4.98 Å². The van der Waals surface area contributed by atoms with Crippen molar-refractivity contribution in [2.75, 3.05) is 19.8 Å². The predicted molar refractivity (Wildman–Crippen MR) is 70.0 cm³/mol. The van der Waals surface area contributed by atoms with E-state index < -0.39 is 17.8 Å². The third kappa shape index (κ3) is 2.34. The third-order valence-electron chi connectivity index (χ3n) is 4.32. The van der Waals surface area contributed by atoms with E-state index in [1.54, 1.807) is 0 Å². The average molecular weight is 320 g/mol. The van der Waals surface area contributed by atoms with E-state index in [9.17, 15) is 18.0 Å². The third-order valence-corrected chi connectivity index (χ3v) is 5.14. The van der Waals surface area contributed by atoms with Crippen LogP contribution in [-0.2, 0) is 10.9 Å². The molecule has 0 radical (unpaired) electrons. The number of halogens is 3. The molecule has 4 nitrogen and oxygen atoms in total. The van der Waals surface area contributed by atoms with Crippen molar-refractivity contribution in [1.82, 2.24) is 9.88 Å². The van der Waals surface area contributed by atoms with Crippen LogP contribution in [-0.4, -0.2) is 41.6 Å². The normalized spacial score (nSPS) is 28.0. The van der Waals surface area contributed by atoms with Crippen molar-refractivity contribution in [1.29, 1.82) is 0 Å². The van der Waals surface area contributed by atoms with Crippen LogP contribution in [0, 0.1) is 11.3 Å². The molecule has 8 heteroatoms. The number of nitrogens with zero attached hydrogens (tertiary/aromatic N) is 2. The zero-order chi connectivity index (χ0) is 15.4. The molecule has 2 atom stereocenters. The lowest BCUT2D eigenvalue weighted by Gasteiger charge is -2.24. The van der Waals surface area contributed by atoms with Gasteiger partial charge in [0.25, 0.3) is 5.91 Å². The SMILES string of the molecule is CC1(C)CN(C(=O)c2scnc2C(F)(F)F)[C@@H]2COC[C@@H]21. The molecule has 2 aliphatic heterocycles.